The summed E-state index contributed by atoms with van der Waals surface area (Å²) in [7, 11) is -0.915. The average molecular weight is 198 g/mol. The number of fused-ring (bicyclic) bond motifs is 1. The first kappa shape index (κ1) is 9.72. The van der Waals surface area contributed by atoms with Gasteiger partial charge in [-0.25, -0.2) is 0 Å². The maximum atomic E-state index is 5.59. The minimum absolute atomic E-state index is 0.664. The molecule has 1 saturated carbocycles. The van der Waals surface area contributed by atoms with Crippen molar-refractivity contribution in [2.75, 3.05) is 0 Å². The van der Waals surface area contributed by atoms with Crippen LogP contribution in [0.3, 0.4) is 0 Å². The van der Waals surface area contributed by atoms with Gasteiger partial charge in [0.1, 0.15) is 0 Å². The van der Waals surface area contributed by atoms with E-state index in [4.69, 9.17) is 4.74 Å². The standard InChI is InChI=1S/C11H22OSi/c1-8(13(2,3)4)9-5-6-10-11(7-9)12-10/h8-11H,5-7H2,1-4H3. The molecular weight excluding hydrogens is 176 g/mol. The fraction of sp³-hybridized carbons (Fsp3) is 1.00. The van der Waals surface area contributed by atoms with E-state index in [1.54, 1.807) is 0 Å². The van der Waals surface area contributed by atoms with Crippen molar-refractivity contribution in [2.45, 2.75) is 63.6 Å². The second-order valence-electron chi connectivity index (χ2n) is 5.94. The van der Waals surface area contributed by atoms with Crippen LogP contribution in [0.25, 0.3) is 0 Å². The normalized spacial score (nSPS) is 41.1. The van der Waals surface area contributed by atoms with Crippen LogP contribution in [0.15, 0.2) is 0 Å². The van der Waals surface area contributed by atoms with Crippen LogP contribution in [0.4, 0.5) is 0 Å². The monoisotopic (exact) mass is 198 g/mol. The zero-order valence-corrected chi connectivity index (χ0v) is 10.3. The molecule has 2 fully saturated rings. The molecule has 0 bridgehead atoms. The first-order chi connectivity index (χ1) is 5.98. The molecular formula is C11H22OSi. The van der Waals surface area contributed by atoms with Crippen LogP contribution in [0.1, 0.15) is 26.2 Å². The van der Waals surface area contributed by atoms with E-state index in [0.717, 1.165) is 11.5 Å². The molecule has 2 heteroatoms. The molecule has 0 aromatic heterocycles. The molecule has 0 amide bonds. The van der Waals surface area contributed by atoms with Crippen molar-refractivity contribution >= 4 is 8.07 Å². The van der Waals surface area contributed by atoms with Gasteiger partial charge >= 0.3 is 0 Å². The van der Waals surface area contributed by atoms with Crippen molar-refractivity contribution in [1.82, 2.24) is 0 Å². The molecule has 1 saturated heterocycles. The Morgan fingerprint density at radius 2 is 1.85 bits per heavy atom. The molecule has 4 unspecified atom stereocenters. The van der Waals surface area contributed by atoms with Gasteiger partial charge in [-0.2, -0.15) is 0 Å². The number of hydrogen-bond donors (Lipinski definition) is 0. The van der Waals surface area contributed by atoms with E-state index >= 15 is 0 Å². The molecule has 1 aliphatic heterocycles. The highest BCUT2D eigenvalue weighted by molar-refractivity contribution is 6.77. The van der Waals surface area contributed by atoms with Gasteiger partial charge in [0.15, 0.2) is 0 Å². The Kier molecular flexibility index (Phi) is 2.31. The third kappa shape index (κ3) is 1.99. The van der Waals surface area contributed by atoms with Gasteiger partial charge < -0.3 is 4.74 Å². The topological polar surface area (TPSA) is 12.5 Å². The Balaban J connectivity index is 1.92. The predicted octanol–water partition coefficient (Wildman–Crippen LogP) is 3.28. The second-order valence-corrected chi connectivity index (χ2v) is 11.6. The molecule has 76 valence electrons. The third-order valence-corrected chi connectivity index (χ3v) is 7.32. The van der Waals surface area contributed by atoms with Crippen molar-refractivity contribution < 1.29 is 4.74 Å². The van der Waals surface area contributed by atoms with E-state index in [1.165, 1.54) is 19.3 Å². The smallest absolute Gasteiger partial charge is 0.0844 e. The van der Waals surface area contributed by atoms with Crippen molar-refractivity contribution in [3.05, 3.63) is 0 Å². The van der Waals surface area contributed by atoms with Crippen LogP contribution >= 0.6 is 0 Å². The van der Waals surface area contributed by atoms with Gasteiger partial charge in [-0.15, -0.1) is 0 Å². The fourth-order valence-corrected chi connectivity index (χ4v) is 4.31. The highest BCUT2D eigenvalue weighted by atomic mass is 28.3. The quantitative estimate of drug-likeness (QED) is 0.490. The van der Waals surface area contributed by atoms with E-state index in [-0.39, 0.29) is 0 Å². The molecule has 1 aliphatic carbocycles. The lowest BCUT2D eigenvalue weighted by Crippen LogP contribution is -2.33. The molecule has 0 spiro atoms. The van der Waals surface area contributed by atoms with Crippen LogP contribution in [-0.2, 0) is 4.74 Å². The summed E-state index contributed by atoms with van der Waals surface area (Å²) < 4.78 is 5.59. The van der Waals surface area contributed by atoms with Crippen LogP contribution in [0, 0.1) is 5.92 Å². The summed E-state index contributed by atoms with van der Waals surface area (Å²) in [6.45, 7) is 9.96. The van der Waals surface area contributed by atoms with E-state index < -0.39 is 8.07 Å². The van der Waals surface area contributed by atoms with Crippen LogP contribution < -0.4 is 0 Å². The van der Waals surface area contributed by atoms with Crippen molar-refractivity contribution in [2.24, 2.45) is 5.92 Å². The Morgan fingerprint density at radius 1 is 1.15 bits per heavy atom. The maximum absolute atomic E-state index is 5.59. The number of hydrogen-bond acceptors (Lipinski definition) is 1. The van der Waals surface area contributed by atoms with Gasteiger partial charge in [-0.05, 0) is 30.7 Å². The Bertz CT molecular complexity index is 197. The molecule has 13 heavy (non-hydrogen) atoms. The SMILES string of the molecule is CC(C1CCC2OC2C1)[Si](C)(C)C. The van der Waals surface area contributed by atoms with Crippen molar-refractivity contribution in [3.63, 3.8) is 0 Å². The number of ether oxygens (including phenoxy) is 1. The molecule has 0 radical (unpaired) electrons. The highest BCUT2D eigenvalue weighted by Crippen LogP contribution is 2.46. The van der Waals surface area contributed by atoms with Crippen molar-refractivity contribution in [3.8, 4) is 0 Å². The molecule has 0 N–H and O–H groups in total. The second kappa shape index (κ2) is 3.09. The summed E-state index contributed by atoms with van der Waals surface area (Å²) in [5.41, 5.74) is 0.970. The van der Waals surface area contributed by atoms with Crippen molar-refractivity contribution in [1.29, 1.82) is 0 Å². The summed E-state index contributed by atoms with van der Waals surface area (Å²) in [6, 6.07) is 0. The molecule has 1 nitrogen and oxygen atoms in total. The summed E-state index contributed by atoms with van der Waals surface area (Å²) in [4.78, 5) is 0. The van der Waals surface area contributed by atoms with E-state index in [1.807, 2.05) is 0 Å². The molecule has 2 rings (SSSR count). The Morgan fingerprint density at radius 3 is 2.38 bits per heavy atom. The Hall–Kier alpha value is 0.177. The molecule has 0 aromatic carbocycles. The first-order valence-corrected chi connectivity index (χ1v) is 9.21. The van der Waals surface area contributed by atoms with Crippen LogP contribution in [-0.4, -0.2) is 20.3 Å². The molecule has 0 aromatic rings. The van der Waals surface area contributed by atoms with E-state index in [2.05, 4.69) is 26.6 Å². The maximum Gasteiger partial charge on any atom is 0.0844 e. The minimum atomic E-state index is -0.915. The lowest BCUT2D eigenvalue weighted by molar-refractivity contribution is 0.355. The fourth-order valence-electron chi connectivity index (χ4n) is 2.60. The largest absolute Gasteiger partial charge is 0.370 e. The Labute approximate surface area is 82.9 Å². The lowest BCUT2D eigenvalue weighted by atomic mass is 9.87. The van der Waals surface area contributed by atoms with Gasteiger partial charge in [0.05, 0.1) is 12.2 Å². The van der Waals surface area contributed by atoms with Crippen LogP contribution in [0.2, 0.25) is 25.2 Å². The van der Waals surface area contributed by atoms with Gasteiger partial charge in [-0.3, -0.25) is 0 Å². The first-order valence-electron chi connectivity index (χ1n) is 5.64. The van der Waals surface area contributed by atoms with Gasteiger partial charge in [-0.1, -0.05) is 26.6 Å². The summed E-state index contributed by atoms with van der Waals surface area (Å²) in [6.07, 6.45) is 5.45. The number of rotatable bonds is 2. The number of epoxide rings is 1. The predicted molar refractivity (Wildman–Crippen MR) is 58.8 cm³/mol. The third-order valence-electron chi connectivity index (χ3n) is 4.12. The molecule has 1 heterocycles. The van der Waals surface area contributed by atoms with Gasteiger partial charge in [0.25, 0.3) is 0 Å². The summed E-state index contributed by atoms with van der Waals surface area (Å²) >= 11 is 0. The summed E-state index contributed by atoms with van der Waals surface area (Å²) in [5, 5.41) is 0. The lowest BCUT2D eigenvalue weighted by Gasteiger charge is -2.34. The van der Waals surface area contributed by atoms with Crippen LogP contribution in [0.5, 0.6) is 0 Å². The van der Waals surface area contributed by atoms with E-state index in [9.17, 15) is 0 Å². The molecule has 4 atom stereocenters. The highest BCUT2D eigenvalue weighted by Gasteiger charge is 2.46. The zero-order chi connectivity index (χ0) is 9.64. The zero-order valence-electron chi connectivity index (χ0n) is 9.34. The minimum Gasteiger partial charge on any atom is -0.370 e. The molecule has 2 aliphatic rings. The average Bonchev–Trinajstić information content (AvgIpc) is 2.78. The van der Waals surface area contributed by atoms with Gasteiger partial charge in [0, 0.05) is 8.07 Å². The van der Waals surface area contributed by atoms with E-state index in [0.29, 0.717) is 12.2 Å². The van der Waals surface area contributed by atoms with Gasteiger partial charge in [0.2, 0.25) is 0 Å². The summed E-state index contributed by atoms with van der Waals surface area (Å²) in [5.74, 6) is 0.968.